The fourth-order valence-electron chi connectivity index (χ4n) is 3.80. The van der Waals surface area contributed by atoms with Gasteiger partial charge >= 0.3 is 29.9 Å². The largest absolute Gasteiger partial charge is 0.440 e. The van der Waals surface area contributed by atoms with Crippen LogP contribution >= 0.6 is 0 Å². The first-order valence-electron chi connectivity index (χ1n) is 10.4. The molecule has 2 fully saturated rings. The van der Waals surface area contributed by atoms with Gasteiger partial charge in [-0.15, -0.1) is 0 Å². The minimum Gasteiger partial charge on any atom is -0.440 e. The molecule has 0 amide bonds. The zero-order valence-corrected chi connectivity index (χ0v) is 17.4. The van der Waals surface area contributed by atoms with Crippen molar-refractivity contribution in [2.45, 2.75) is 102 Å². The Morgan fingerprint density at radius 1 is 0.700 bits per heavy atom. The molecule has 10 nitrogen and oxygen atoms in total. The zero-order chi connectivity index (χ0) is 22.4. The predicted molar refractivity (Wildman–Crippen MR) is 99.1 cm³/mol. The van der Waals surface area contributed by atoms with Crippen LogP contribution in [0.4, 0.5) is 0 Å². The summed E-state index contributed by atoms with van der Waals surface area (Å²) in [6.07, 6.45) is 0.400. The Morgan fingerprint density at radius 2 is 1.10 bits per heavy atom. The molecule has 2 atom stereocenters. The van der Waals surface area contributed by atoms with Crippen LogP contribution in [0, 0.1) is 0 Å². The Labute approximate surface area is 174 Å². The zero-order valence-electron chi connectivity index (χ0n) is 17.4. The third-order valence-electron chi connectivity index (χ3n) is 5.33. The number of aliphatic hydroxyl groups is 2. The van der Waals surface area contributed by atoms with Crippen LogP contribution in [-0.2, 0) is 38.1 Å². The van der Waals surface area contributed by atoms with Crippen molar-refractivity contribution in [1.29, 1.82) is 0 Å². The first kappa shape index (κ1) is 24.1. The summed E-state index contributed by atoms with van der Waals surface area (Å²) in [5.74, 6) is -9.27. The molecule has 2 saturated heterocycles. The maximum atomic E-state index is 12.6. The fraction of sp³-hybridized carbons (Fsp3) is 0.800. The molecule has 0 radical (unpaired) electrons. The number of hydrogen-bond acceptors (Lipinski definition) is 10. The molecule has 0 aromatic rings. The molecule has 2 rings (SSSR count). The highest BCUT2D eigenvalue weighted by Crippen LogP contribution is 2.46. The van der Waals surface area contributed by atoms with Gasteiger partial charge in [0, 0.05) is 38.5 Å². The van der Waals surface area contributed by atoms with E-state index in [1.165, 1.54) is 6.92 Å². The second kappa shape index (κ2) is 9.74. The quantitative estimate of drug-likeness (QED) is 0.498. The number of esters is 4. The normalized spacial score (nSPS) is 31.2. The Bertz CT molecular complexity index is 654. The minimum absolute atomic E-state index is 0.0723. The highest BCUT2D eigenvalue weighted by Gasteiger charge is 2.73. The van der Waals surface area contributed by atoms with Crippen molar-refractivity contribution >= 4 is 23.9 Å². The van der Waals surface area contributed by atoms with Gasteiger partial charge in [0.2, 0.25) is 0 Å². The predicted octanol–water partition coefficient (Wildman–Crippen LogP) is 1.59. The van der Waals surface area contributed by atoms with Crippen molar-refractivity contribution in [2.75, 3.05) is 0 Å². The number of hydrogen-bond donors (Lipinski definition) is 2. The lowest BCUT2D eigenvalue weighted by atomic mass is 9.83. The van der Waals surface area contributed by atoms with Crippen molar-refractivity contribution in [1.82, 2.24) is 0 Å². The molecular formula is C20H30O10. The van der Waals surface area contributed by atoms with E-state index < -0.39 is 41.2 Å². The minimum atomic E-state index is -3.20. The third-order valence-corrected chi connectivity index (χ3v) is 5.33. The highest BCUT2D eigenvalue weighted by atomic mass is 16.9. The van der Waals surface area contributed by atoms with Gasteiger partial charge in [-0.05, 0) is 32.1 Å². The second-order valence-electron chi connectivity index (χ2n) is 7.61. The summed E-state index contributed by atoms with van der Waals surface area (Å²) in [6, 6.07) is 0. The van der Waals surface area contributed by atoms with E-state index in [1.54, 1.807) is 6.92 Å². The van der Waals surface area contributed by atoms with Crippen molar-refractivity contribution in [3.05, 3.63) is 0 Å². The number of carbonyl (C=O) groups excluding carboxylic acids is 4. The molecule has 2 aliphatic heterocycles. The van der Waals surface area contributed by atoms with Crippen LogP contribution in [0.2, 0.25) is 0 Å². The van der Waals surface area contributed by atoms with Gasteiger partial charge in [-0.25, -0.2) is 0 Å². The van der Waals surface area contributed by atoms with Crippen molar-refractivity contribution in [3.8, 4) is 0 Å². The molecule has 2 N–H and O–H groups in total. The van der Waals surface area contributed by atoms with Gasteiger partial charge in [0.1, 0.15) is 0 Å². The number of rotatable bonds is 4. The monoisotopic (exact) mass is 430 g/mol. The average molecular weight is 430 g/mol. The lowest BCUT2D eigenvalue weighted by Crippen LogP contribution is -2.73. The van der Waals surface area contributed by atoms with Crippen LogP contribution < -0.4 is 0 Å². The number of cyclic esters (lactones) is 4. The standard InChI is InChI=1S/C20H30O10/c1-3-13-19(25)18(4-2,27-14(21)9-5-6-10-15(22)28-19)20(26)29-16(23)11-7-8-12-17(24)30-20/h25-26H,3-13H2,1-2H3. The SMILES string of the molecule is CCCC1(O)OC(=O)CCCCC(=O)OC1(CC)C1(O)OC(=O)CCCCC(=O)O1. The van der Waals surface area contributed by atoms with Gasteiger partial charge in [0.05, 0.1) is 0 Å². The van der Waals surface area contributed by atoms with Crippen LogP contribution in [0.15, 0.2) is 0 Å². The molecule has 2 unspecified atom stereocenters. The van der Waals surface area contributed by atoms with Gasteiger partial charge < -0.3 is 29.2 Å². The van der Waals surface area contributed by atoms with Crippen molar-refractivity contribution < 1.29 is 48.3 Å². The molecule has 0 aromatic heterocycles. The van der Waals surface area contributed by atoms with E-state index in [1.807, 2.05) is 0 Å². The first-order valence-corrected chi connectivity index (χ1v) is 10.4. The molecule has 2 heterocycles. The smallest absolute Gasteiger partial charge is 0.422 e. The molecule has 0 aromatic carbocycles. The summed E-state index contributed by atoms with van der Waals surface area (Å²) in [7, 11) is 0. The highest BCUT2D eigenvalue weighted by molar-refractivity contribution is 5.75. The van der Waals surface area contributed by atoms with E-state index in [0.717, 1.165) is 0 Å². The van der Waals surface area contributed by atoms with Crippen LogP contribution in [0.25, 0.3) is 0 Å². The molecule has 0 spiro atoms. The van der Waals surface area contributed by atoms with Crippen LogP contribution in [0.3, 0.4) is 0 Å². The Kier molecular flexibility index (Phi) is 7.81. The Morgan fingerprint density at radius 3 is 1.50 bits per heavy atom. The summed E-state index contributed by atoms with van der Waals surface area (Å²) in [6.45, 7) is 3.08. The summed E-state index contributed by atoms with van der Waals surface area (Å²) >= 11 is 0. The van der Waals surface area contributed by atoms with Crippen molar-refractivity contribution in [2.24, 2.45) is 0 Å². The number of carbonyl (C=O) groups is 4. The summed E-state index contributed by atoms with van der Waals surface area (Å²) < 4.78 is 21.0. The lowest BCUT2D eigenvalue weighted by molar-refractivity contribution is -0.447. The summed E-state index contributed by atoms with van der Waals surface area (Å²) in [5, 5.41) is 22.8. The summed E-state index contributed by atoms with van der Waals surface area (Å²) in [4.78, 5) is 49.5. The topological polar surface area (TPSA) is 146 Å². The van der Waals surface area contributed by atoms with E-state index in [9.17, 15) is 29.4 Å². The van der Waals surface area contributed by atoms with Crippen molar-refractivity contribution in [3.63, 3.8) is 0 Å². The fourth-order valence-corrected chi connectivity index (χ4v) is 3.80. The molecule has 10 heteroatoms. The van der Waals surface area contributed by atoms with Gasteiger partial charge in [-0.1, -0.05) is 13.8 Å². The van der Waals surface area contributed by atoms with E-state index in [2.05, 4.69) is 0 Å². The molecule has 30 heavy (non-hydrogen) atoms. The maximum absolute atomic E-state index is 12.6. The van der Waals surface area contributed by atoms with E-state index in [0.29, 0.717) is 25.7 Å². The molecule has 0 saturated carbocycles. The molecule has 170 valence electrons. The van der Waals surface area contributed by atoms with Gasteiger partial charge in [0.15, 0.2) is 0 Å². The number of ether oxygens (including phenoxy) is 4. The van der Waals surface area contributed by atoms with Crippen LogP contribution in [-0.4, -0.2) is 51.5 Å². The molecule has 0 bridgehead atoms. The molecular weight excluding hydrogens is 400 g/mol. The van der Waals surface area contributed by atoms with Gasteiger partial charge in [-0.2, -0.15) is 0 Å². The average Bonchev–Trinajstić information content (AvgIpc) is 2.71. The second-order valence-corrected chi connectivity index (χ2v) is 7.61. The van der Waals surface area contributed by atoms with E-state index in [-0.39, 0.29) is 44.9 Å². The van der Waals surface area contributed by atoms with Crippen LogP contribution in [0.5, 0.6) is 0 Å². The van der Waals surface area contributed by atoms with E-state index >= 15 is 0 Å². The lowest BCUT2D eigenvalue weighted by Gasteiger charge is -2.50. The molecule has 0 aliphatic carbocycles. The first-order chi connectivity index (χ1) is 14.1. The summed E-state index contributed by atoms with van der Waals surface area (Å²) in [5.41, 5.74) is -2.59. The van der Waals surface area contributed by atoms with Gasteiger partial charge in [0.25, 0.3) is 11.4 Å². The Balaban J connectivity index is 2.67. The Hall–Kier alpha value is -2.20. The van der Waals surface area contributed by atoms with E-state index in [4.69, 9.17) is 18.9 Å². The molecule has 2 aliphatic rings. The third kappa shape index (κ3) is 4.92. The maximum Gasteiger partial charge on any atom is 0.422 e. The van der Waals surface area contributed by atoms with Crippen LogP contribution in [0.1, 0.15) is 84.5 Å². The van der Waals surface area contributed by atoms with Gasteiger partial charge in [-0.3, -0.25) is 19.2 Å².